The van der Waals surface area contributed by atoms with Gasteiger partial charge in [0.2, 0.25) is 5.91 Å². The lowest BCUT2D eigenvalue weighted by atomic mass is 10.0. The molecule has 0 aliphatic carbocycles. The molecule has 26 heavy (non-hydrogen) atoms. The molecule has 1 atom stereocenters. The van der Waals surface area contributed by atoms with E-state index >= 15 is 0 Å². The normalized spacial score (nSPS) is 25.0. The third-order valence-electron chi connectivity index (χ3n) is 5.45. The zero-order valence-electron chi connectivity index (χ0n) is 15.0. The van der Waals surface area contributed by atoms with Gasteiger partial charge >= 0.3 is 0 Å². The number of hydrogen-bond donors (Lipinski definition) is 0. The summed E-state index contributed by atoms with van der Waals surface area (Å²) in [6.07, 6.45) is 1.40. The molecule has 4 rings (SSSR count). The number of thioether (sulfide) groups is 1. The van der Waals surface area contributed by atoms with Gasteiger partial charge in [0.05, 0.1) is 19.1 Å². The van der Waals surface area contributed by atoms with Crippen LogP contribution in [0.15, 0.2) is 24.3 Å². The molecule has 7 heteroatoms. The second-order valence-electron chi connectivity index (χ2n) is 7.04. The minimum absolute atomic E-state index is 0.0461. The highest BCUT2D eigenvalue weighted by Gasteiger charge is 2.44. The van der Waals surface area contributed by atoms with Gasteiger partial charge in [0, 0.05) is 37.2 Å². The summed E-state index contributed by atoms with van der Waals surface area (Å²) >= 11 is 1.64. The van der Waals surface area contributed by atoms with E-state index in [2.05, 4.69) is 0 Å². The molecule has 3 fully saturated rings. The smallest absolute Gasteiger partial charge is 0.255 e. The number of piperidine rings is 1. The van der Waals surface area contributed by atoms with E-state index in [-0.39, 0.29) is 17.9 Å². The first-order valence-corrected chi connectivity index (χ1v) is 10.3. The van der Waals surface area contributed by atoms with E-state index in [9.17, 15) is 9.59 Å². The number of nitrogens with zero attached hydrogens (tertiary/aromatic N) is 2. The molecule has 1 aromatic rings. The first-order chi connectivity index (χ1) is 12.6. The summed E-state index contributed by atoms with van der Waals surface area (Å²) in [6, 6.07) is 7.17. The van der Waals surface area contributed by atoms with Crippen molar-refractivity contribution in [2.24, 2.45) is 0 Å². The van der Waals surface area contributed by atoms with Crippen molar-refractivity contribution in [1.82, 2.24) is 9.80 Å². The van der Waals surface area contributed by atoms with Crippen molar-refractivity contribution in [2.45, 2.75) is 31.6 Å². The number of amides is 2. The van der Waals surface area contributed by atoms with Crippen molar-refractivity contribution >= 4 is 23.6 Å². The van der Waals surface area contributed by atoms with Crippen molar-refractivity contribution in [3.63, 3.8) is 0 Å². The molecule has 0 N–H and O–H groups in total. The minimum Gasteiger partial charge on any atom is -0.347 e. The van der Waals surface area contributed by atoms with Gasteiger partial charge in [-0.25, -0.2) is 0 Å². The molecule has 3 aliphatic rings. The Balaban J connectivity index is 1.44. The number of aryl methyl sites for hydroxylation is 1. The fourth-order valence-corrected chi connectivity index (χ4v) is 5.02. The molecule has 3 saturated heterocycles. The van der Waals surface area contributed by atoms with Gasteiger partial charge < -0.3 is 19.3 Å². The maximum atomic E-state index is 13.1. The summed E-state index contributed by atoms with van der Waals surface area (Å²) in [5, 5.41) is 0. The molecule has 140 valence electrons. The average Bonchev–Trinajstić information content (AvgIpc) is 3.32. The average molecular weight is 376 g/mol. The molecule has 0 aromatic heterocycles. The van der Waals surface area contributed by atoms with Gasteiger partial charge in [-0.05, 0) is 18.6 Å². The van der Waals surface area contributed by atoms with Crippen molar-refractivity contribution in [1.29, 1.82) is 0 Å². The first kappa shape index (κ1) is 17.8. The molecule has 6 nitrogen and oxygen atoms in total. The van der Waals surface area contributed by atoms with Gasteiger partial charge in [0.25, 0.3) is 5.91 Å². The van der Waals surface area contributed by atoms with Crippen LogP contribution < -0.4 is 0 Å². The minimum atomic E-state index is -0.488. The van der Waals surface area contributed by atoms with Crippen LogP contribution in [0.1, 0.15) is 28.8 Å². The molecule has 0 saturated carbocycles. The Labute approximate surface area is 157 Å². The zero-order valence-corrected chi connectivity index (χ0v) is 15.8. The number of benzene rings is 1. The Kier molecular flexibility index (Phi) is 4.94. The molecule has 0 radical (unpaired) electrons. The summed E-state index contributed by atoms with van der Waals surface area (Å²) in [5.41, 5.74) is 1.62. The Bertz CT molecular complexity index is 695. The fraction of sp³-hybridized carbons (Fsp3) is 0.579. The Morgan fingerprint density at radius 2 is 1.85 bits per heavy atom. The molecule has 1 aromatic carbocycles. The summed E-state index contributed by atoms with van der Waals surface area (Å²) in [6.45, 7) is 4.43. The van der Waals surface area contributed by atoms with Gasteiger partial charge in [-0.1, -0.05) is 18.2 Å². The highest BCUT2D eigenvalue weighted by atomic mass is 32.2. The van der Waals surface area contributed by atoms with E-state index in [0.29, 0.717) is 56.3 Å². The van der Waals surface area contributed by atoms with Gasteiger partial charge in [-0.3, -0.25) is 9.59 Å². The van der Waals surface area contributed by atoms with E-state index in [1.807, 2.05) is 36.1 Å². The Morgan fingerprint density at radius 1 is 1.15 bits per heavy atom. The monoisotopic (exact) mass is 376 g/mol. The summed E-state index contributed by atoms with van der Waals surface area (Å²) in [7, 11) is 0. The van der Waals surface area contributed by atoms with Crippen LogP contribution >= 0.6 is 11.8 Å². The van der Waals surface area contributed by atoms with E-state index in [4.69, 9.17) is 9.47 Å². The topological polar surface area (TPSA) is 59.1 Å². The van der Waals surface area contributed by atoms with Gasteiger partial charge in [-0.2, -0.15) is 0 Å². The van der Waals surface area contributed by atoms with Crippen LogP contribution in [0.4, 0.5) is 0 Å². The second-order valence-corrected chi connectivity index (χ2v) is 8.04. The standard InChI is InChI=1S/C19H24N2O4S/c1-14-4-2-3-5-15(14)17(22)21-13-26-12-16(21)18(23)20-8-6-19(7-9-20)24-10-11-25-19/h2-5,16H,6-13H2,1H3. The molecular formula is C19H24N2O4S. The first-order valence-electron chi connectivity index (χ1n) is 9.11. The molecular weight excluding hydrogens is 352 g/mol. The van der Waals surface area contributed by atoms with Crippen LogP contribution in [0.2, 0.25) is 0 Å². The predicted octanol–water partition coefficient (Wildman–Crippen LogP) is 1.88. The Morgan fingerprint density at radius 3 is 2.54 bits per heavy atom. The van der Waals surface area contributed by atoms with Crippen LogP contribution in [0.3, 0.4) is 0 Å². The number of likely N-dealkylation sites (tertiary alicyclic amines) is 1. The fourth-order valence-electron chi connectivity index (χ4n) is 3.88. The highest BCUT2D eigenvalue weighted by molar-refractivity contribution is 7.99. The molecule has 1 spiro atoms. The SMILES string of the molecule is Cc1ccccc1C(=O)N1CSCC1C(=O)N1CCC2(CC1)OCCO2. The van der Waals surface area contributed by atoms with E-state index < -0.39 is 5.79 Å². The zero-order chi connectivity index (χ0) is 18.1. The molecule has 3 aliphatic heterocycles. The second kappa shape index (κ2) is 7.21. The quantitative estimate of drug-likeness (QED) is 0.789. The highest BCUT2D eigenvalue weighted by Crippen LogP contribution is 2.33. The molecule has 1 unspecified atom stereocenters. The van der Waals surface area contributed by atoms with Crippen LogP contribution in [-0.2, 0) is 14.3 Å². The van der Waals surface area contributed by atoms with Crippen molar-refractivity contribution in [3.8, 4) is 0 Å². The third-order valence-corrected chi connectivity index (χ3v) is 6.47. The summed E-state index contributed by atoms with van der Waals surface area (Å²) < 4.78 is 11.5. The number of ether oxygens (including phenoxy) is 2. The molecule has 0 bridgehead atoms. The van der Waals surface area contributed by atoms with Crippen molar-refractivity contribution < 1.29 is 19.1 Å². The van der Waals surface area contributed by atoms with E-state index in [1.165, 1.54) is 0 Å². The number of carbonyl (C=O) groups excluding carboxylic acids is 2. The lowest BCUT2D eigenvalue weighted by Crippen LogP contribution is -2.54. The van der Waals surface area contributed by atoms with Crippen LogP contribution in [0, 0.1) is 6.92 Å². The van der Waals surface area contributed by atoms with Gasteiger partial charge in [-0.15, -0.1) is 11.8 Å². The maximum Gasteiger partial charge on any atom is 0.255 e. The van der Waals surface area contributed by atoms with Crippen LogP contribution in [0.25, 0.3) is 0 Å². The van der Waals surface area contributed by atoms with Gasteiger partial charge in [0.15, 0.2) is 5.79 Å². The van der Waals surface area contributed by atoms with E-state index in [0.717, 1.165) is 5.56 Å². The number of hydrogen-bond acceptors (Lipinski definition) is 5. The maximum absolute atomic E-state index is 13.1. The lowest BCUT2D eigenvalue weighted by molar-refractivity contribution is -0.188. The largest absolute Gasteiger partial charge is 0.347 e. The van der Waals surface area contributed by atoms with Crippen LogP contribution in [0.5, 0.6) is 0 Å². The molecule has 3 heterocycles. The third kappa shape index (κ3) is 3.23. The lowest BCUT2D eigenvalue weighted by Gasteiger charge is -2.39. The van der Waals surface area contributed by atoms with E-state index in [1.54, 1.807) is 16.7 Å². The van der Waals surface area contributed by atoms with Crippen LogP contribution in [-0.4, -0.2) is 71.4 Å². The summed E-state index contributed by atoms with van der Waals surface area (Å²) in [5.74, 6) is 0.725. The summed E-state index contributed by atoms with van der Waals surface area (Å²) in [4.78, 5) is 29.6. The number of rotatable bonds is 2. The van der Waals surface area contributed by atoms with Crippen molar-refractivity contribution in [3.05, 3.63) is 35.4 Å². The number of carbonyl (C=O) groups is 2. The Hall–Kier alpha value is -1.57. The van der Waals surface area contributed by atoms with Crippen molar-refractivity contribution in [2.75, 3.05) is 37.9 Å². The predicted molar refractivity (Wildman–Crippen MR) is 98.9 cm³/mol. The van der Waals surface area contributed by atoms with Gasteiger partial charge in [0.1, 0.15) is 6.04 Å². The molecule has 2 amide bonds.